The van der Waals surface area contributed by atoms with Crippen LogP contribution < -0.4 is 9.47 Å². The Labute approximate surface area is 199 Å². The van der Waals surface area contributed by atoms with Gasteiger partial charge in [-0.05, 0) is 36.2 Å². The van der Waals surface area contributed by atoms with Crippen LogP contribution in [0, 0.1) is 6.92 Å². The fourth-order valence-electron chi connectivity index (χ4n) is 3.72. The van der Waals surface area contributed by atoms with Crippen molar-refractivity contribution in [3.05, 3.63) is 126 Å². The summed E-state index contributed by atoms with van der Waals surface area (Å²) in [7, 11) is 0. The highest BCUT2D eigenvalue weighted by Gasteiger charge is 2.16. The molecule has 0 aliphatic rings. The Morgan fingerprint density at radius 1 is 0.647 bits per heavy atom. The van der Waals surface area contributed by atoms with E-state index >= 15 is 0 Å². The summed E-state index contributed by atoms with van der Waals surface area (Å²) in [5, 5.41) is 0. The molecule has 5 rings (SSSR count). The zero-order chi connectivity index (χ0) is 23.2. The third kappa shape index (κ3) is 4.99. The monoisotopic (exact) mass is 447 g/mol. The van der Waals surface area contributed by atoms with Gasteiger partial charge in [-0.25, -0.2) is 4.98 Å². The standard InChI is InChI=1S/C29H25N3O2/c1-22-30-27(19-32(22)25-15-9-4-10-16-25)26-17-18-28(33-20-23-11-5-2-6-12-23)31-29(26)34-21-24-13-7-3-8-14-24/h2-19H,20-21H2,1H3. The fourth-order valence-corrected chi connectivity index (χ4v) is 3.72. The van der Waals surface area contributed by atoms with Crippen LogP contribution in [0.3, 0.4) is 0 Å². The number of hydrogen-bond donors (Lipinski definition) is 0. The van der Waals surface area contributed by atoms with Crippen molar-refractivity contribution in [3.63, 3.8) is 0 Å². The van der Waals surface area contributed by atoms with Gasteiger partial charge in [0.1, 0.15) is 19.0 Å². The second-order valence-corrected chi connectivity index (χ2v) is 7.93. The van der Waals surface area contributed by atoms with Gasteiger partial charge in [-0.2, -0.15) is 4.98 Å². The summed E-state index contributed by atoms with van der Waals surface area (Å²) in [5.41, 5.74) is 4.82. The maximum Gasteiger partial charge on any atom is 0.226 e. The van der Waals surface area contributed by atoms with Crippen LogP contribution >= 0.6 is 0 Å². The molecular formula is C29H25N3O2. The lowest BCUT2D eigenvalue weighted by atomic mass is 10.2. The molecule has 0 saturated heterocycles. The van der Waals surface area contributed by atoms with Crippen LogP contribution in [-0.4, -0.2) is 14.5 Å². The Morgan fingerprint density at radius 3 is 1.88 bits per heavy atom. The van der Waals surface area contributed by atoms with Crippen LogP contribution in [0.2, 0.25) is 0 Å². The molecule has 3 aromatic carbocycles. The molecular weight excluding hydrogens is 422 g/mol. The number of hydrogen-bond acceptors (Lipinski definition) is 4. The molecule has 0 aliphatic heterocycles. The molecule has 0 bridgehead atoms. The first-order chi connectivity index (χ1) is 16.8. The largest absolute Gasteiger partial charge is 0.473 e. The van der Waals surface area contributed by atoms with E-state index in [1.807, 2.05) is 104 Å². The van der Waals surface area contributed by atoms with Gasteiger partial charge >= 0.3 is 0 Å². The summed E-state index contributed by atoms with van der Waals surface area (Å²) in [6.45, 7) is 2.83. The molecule has 5 heteroatoms. The predicted molar refractivity (Wildman–Crippen MR) is 133 cm³/mol. The minimum Gasteiger partial charge on any atom is -0.473 e. The van der Waals surface area contributed by atoms with Crippen molar-refractivity contribution in [3.8, 4) is 28.7 Å². The number of pyridine rings is 1. The molecule has 0 fully saturated rings. The maximum absolute atomic E-state index is 6.18. The van der Waals surface area contributed by atoms with Gasteiger partial charge < -0.3 is 14.0 Å². The number of ether oxygens (including phenoxy) is 2. The summed E-state index contributed by atoms with van der Waals surface area (Å²) >= 11 is 0. The average molecular weight is 448 g/mol. The van der Waals surface area contributed by atoms with Gasteiger partial charge in [-0.3, -0.25) is 0 Å². The second-order valence-electron chi connectivity index (χ2n) is 7.93. The van der Waals surface area contributed by atoms with E-state index in [9.17, 15) is 0 Å². The summed E-state index contributed by atoms with van der Waals surface area (Å²) in [4.78, 5) is 9.50. The number of imidazole rings is 1. The van der Waals surface area contributed by atoms with Crippen molar-refractivity contribution >= 4 is 0 Å². The van der Waals surface area contributed by atoms with Crippen molar-refractivity contribution in [2.75, 3.05) is 0 Å². The highest BCUT2D eigenvalue weighted by Crippen LogP contribution is 2.31. The van der Waals surface area contributed by atoms with Crippen molar-refractivity contribution in [1.82, 2.24) is 14.5 Å². The van der Waals surface area contributed by atoms with Crippen LogP contribution in [0.4, 0.5) is 0 Å². The van der Waals surface area contributed by atoms with E-state index in [1.54, 1.807) is 0 Å². The van der Waals surface area contributed by atoms with Crippen molar-refractivity contribution in [1.29, 1.82) is 0 Å². The van der Waals surface area contributed by atoms with Crippen LogP contribution in [0.5, 0.6) is 11.8 Å². The van der Waals surface area contributed by atoms with E-state index in [0.29, 0.717) is 25.0 Å². The Kier molecular flexibility index (Phi) is 6.34. The van der Waals surface area contributed by atoms with Gasteiger partial charge in [-0.1, -0.05) is 78.9 Å². The zero-order valence-corrected chi connectivity index (χ0v) is 19.0. The SMILES string of the molecule is Cc1nc(-c2ccc(OCc3ccccc3)nc2OCc2ccccc2)cn1-c1ccccc1. The predicted octanol–water partition coefficient (Wildman–Crippen LogP) is 6.40. The molecule has 5 nitrogen and oxygen atoms in total. The molecule has 0 radical (unpaired) electrons. The van der Waals surface area contributed by atoms with E-state index in [2.05, 4.69) is 16.7 Å². The van der Waals surface area contributed by atoms with Gasteiger partial charge in [-0.15, -0.1) is 0 Å². The lowest BCUT2D eigenvalue weighted by Gasteiger charge is -2.12. The maximum atomic E-state index is 6.18. The normalized spacial score (nSPS) is 10.7. The lowest BCUT2D eigenvalue weighted by Crippen LogP contribution is -2.02. The topological polar surface area (TPSA) is 49.2 Å². The van der Waals surface area contributed by atoms with Crippen LogP contribution in [0.25, 0.3) is 16.9 Å². The summed E-state index contributed by atoms with van der Waals surface area (Å²) < 4.78 is 14.2. The van der Waals surface area contributed by atoms with E-state index in [0.717, 1.165) is 33.9 Å². The van der Waals surface area contributed by atoms with Gasteiger partial charge in [0.2, 0.25) is 11.8 Å². The second kappa shape index (κ2) is 10.0. The number of benzene rings is 3. The summed E-state index contributed by atoms with van der Waals surface area (Å²) in [5.74, 6) is 1.89. The van der Waals surface area contributed by atoms with E-state index < -0.39 is 0 Å². The third-order valence-electron chi connectivity index (χ3n) is 5.48. The molecule has 34 heavy (non-hydrogen) atoms. The van der Waals surface area contributed by atoms with Crippen molar-refractivity contribution < 1.29 is 9.47 Å². The quantitative estimate of drug-likeness (QED) is 0.276. The molecule has 0 atom stereocenters. The van der Waals surface area contributed by atoms with Crippen LogP contribution in [0.15, 0.2) is 109 Å². The first kappa shape index (κ1) is 21.5. The fraction of sp³-hybridized carbons (Fsp3) is 0.103. The molecule has 5 aromatic rings. The molecule has 0 aliphatic carbocycles. The summed E-state index contributed by atoms with van der Waals surface area (Å²) in [6, 6.07) is 34.1. The summed E-state index contributed by atoms with van der Waals surface area (Å²) in [6.07, 6.45) is 2.02. The smallest absolute Gasteiger partial charge is 0.226 e. The third-order valence-corrected chi connectivity index (χ3v) is 5.48. The van der Waals surface area contributed by atoms with Crippen molar-refractivity contribution in [2.45, 2.75) is 20.1 Å². The Morgan fingerprint density at radius 2 is 1.24 bits per heavy atom. The first-order valence-corrected chi connectivity index (χ1v) is 11.2. The minimum atomic E-state index is 0.404. The number of aromatic nitrogens is 3. The number of aryl methyl sites for hydroxylation is 1. The van der Waals surface area contributed by atoms with Crippen LogP contribution in [-0.2, 0) is 13.2 Å². The Balaban J connectivity index is 1.45. The van der Waals surface area contributed by atoms with Gasteiger partial charge in [0.25, 0.3) is 0 Å². The molecule has 168 valence electrons. The van der Waals surface area contributed by atoms with Gasteiger partial charge in [0, 0.05) is 18.0 Å². The Bertz CT molecular complexity index is 1350. The minimum absolute atomic E-state index is 0.404. The highest BCUT2D eigenvalue weighted by atomic mass is 16.5. The molecule has 0 unspecified atom stereocenters. The van der Waals surface area contributed by atoms with E-state index in [1.165, 1.54) is 0 Å². The molecule has 0 spiro atoms. The number of nitrogens with zero attached hydrogens (tertiary/aromatic N) is 3. The highest BCUT2D eigenvalue weighted by molar-refractivity contribution is 5.66. The van der Waals surface area contributed by atoms with E-state index in [4.69, 9.17) is 19.4 Å². The Hall–Kier alpha value is -4.38. The average Bonchev–Trinajstić information content (AvgIpc) is 3.29. The number of para-hydroxylation sites is 1. The van der Waals surface area contributed by atoms with Gasteiger partial charge in [0.05, 0.1) is 11.3 Å². The molecule has 0 amide bonds. The van der Waals surface area contributed by atoms with Crippen LogP contribution in [0.1, 0.15) is 17.0 Å². The first-order valence-electron chi connectivity index (χ1n) is 11.2. The van der Waals surface area contributed by atoms with E-state index in [-0.39, 0.29) is 0 Å². The molecule has 0 saturated carbocycles. The molecule has 2 heterocycles. The molecule has 0 N–H and O–H groups in total. The zero-order valence-electron chi connectivity index (χ0n) is 19.0. The van der Waals surface area contributed by atoms with Crippen molar-refractivity contribution in [2.24, 2.45) is 0 Å². The molecule has 2 aromatic heterocycles. The number of rotatable bonds is 8. The van der Waals surface area contributed by atoms with Gasteiger partial charge in [0.15, 0.2) is 0 Å². The lowest BCUT2D eigenvalue weighted by molar-refractivity contribution is 0.268.